The number of nitrogens with one attached hydrogen (secondary N) is 1. The summed E-state index contributed by atoms with van der Waals surface area (Å²) in [4.78, 5) is 26.2. The van der Waals surface area contributed by atoms with Gasteiger partial charge in [0.25, 0.3) is 15.9 Å². The van der Waals surface area contributed by atoms with Crippen molar-refractivity contribution in [3.05, 3.63) is 32.5 Å². The van der Waals surface area contributed by atoms with Crippen molar-refractivity contribution in [2.24, 2.45) is 11.7 Å². The quantitative estimate of drug-likeness (QED) is 0.606. The standard InChI is InChI=1S/C20H24ClN3O4S3/c21-15-6-7-16(30-15)31(27,28)24-10-8-12(9-11-24)19(26)23-20-17(18(22)25)13-4-2-1-3-5-14(13)29-20/h6-7,12H,1-5,8-11H2,(H2,22,25)(H,23,26). The Labute approximate surface area is 194 Å². The van der Waals surface area contributed by atoms with E-state index in [1.807, 2.05) is 0 Å². The zero-order valence-corrected chi connectivity index (χ0v) is 20.1. The van der Waals surface area contributed by atoms with Gasteiger partial charge in [0.05, 0.1) is 9.90 Å². The van der Waals surface area contributed by atoms with Crippen LogP contribution in [0.2, 0.25) is 4.34 Å². The van der Waals surface area contributed by atoms with Gasteiger partial charge in [-0.2, -0.15) is 4.31 Å². The smallest absolute Gasteiger partial charge is 0.252 e. The number of rotatable bonds is 5. The molecule has 7 nitrogen and oxygen atoms in total. The molecule has 3 heterocycles. The zero-order valence-electron chi connectivity index (χ0n) is 16.9. The van der Waals surface area contributed by atoms with Gasteiger partial charge in [-0.05, 0) is 56.2 Å². The first-order valence-electron chi connectivity index (χ1n) is 10.3. The molecule has 168 valence electrons. The van der Waals surface area contributed by atoms with Gasteiger partial charge in [0.2, 0.25) is 5.91 Å². The Hall–Kier alpha value is -1.46. The Morgan fingerprint density at radius 3 is 2.45 bits per heavy atom. The van der Waals surface area contributed by atoms with Crippen molar-refractivity contribution >= 4 is 61.1 Å². The van der Waals surface area contributed by atoms with Gasteiger partial charge in [-0.25, -0.2) is 8.42 Å². The molecule has 2 aromatic heterocycles. The predicted molar refractivity (Wildman–Crippen MR) is 124 cm³/mol. The third-order valence-corrected chi connectivity index (χ3v) is 10.7. The molecule has 0 atom stereocenters. The molecular formula is C20H24ClN3O4S3. The van der Waals surface area contributed by atoms with E-state index in [1.165, 1.54) is 21.7 Å². The van der Waals surface area contributed by atoms with Gasteiger partial charge in [0.1, 0.15) is 9.21 Å². The highest BCUT2D eigenvalue weighted by molar-refractivity contribution is 7.91. The van der Waals surface area contributed by atoms with Crippen LogP contribution < -0.4 is 11.1 Å². The lowest BCUT2D eigenvalue weighted by Crippen LogP contribution is -2.41. The maximum absolute atomic E-state index is 12.9. The second-order valence-corrected chi connectivity index (χ2v) is 12.8. The third kappa shape index (κ3) is 4.68. The fourth-order valence-electron chi connectivity index (χ4n) is 4.23. The lowest BCUT2D eigenvalue weighted by atomic mass is 9.97. The Balaban J connectivity index is 1.44. The summed E-state index contributed by atoms with van der Waals surface area (Å²) >= 11 is 8.36. The van der Waals surface area contributed by atoms with E-state index in [9.17, 15) is 18.0 Å². The second-order valence-electron chi connectivity index (χ2n) is 7.86. The van der Waals surface area contributed by atoms with Crippen molar-refractivity contribution in [3.8, 4) is 0 Å². The van der Waals surface area contributed by atoms with E-state index >= 15 is 0 Å². The van der Waals surface area contributed by atoms with Crippen molar-refractivity contribution in [1.82, 2.24) is 4.31 Å². The minimum atomic E-state index is -3.60. The van der Waals surface area contributed by atoms with Crippen molar-refractivity contribution < 1.29 is 18.0 Å². The number of thiophene rings is 2. The monoisotopic (exact) mass is 501 g/mol. The number of primary amides is 1. The summed E-state index contributed by atoms with van der Waals surface area (Å²) in [6.45, 7) is 0.527. The number of nitrogens with two attached hydrogens (primary N) is 1. The highest BCUT2D eigenvalue weighted by atomic mass is 35.5. The Bertz CT molecular complexity index is 1100. The lowest BCUT2D eigenvalue weighted by molar-refractivity contribution is -0.120. The van der Waals surface area contributed by atoms with Crippen LogP contribution in [0.15, 0.2) is 16.3 Å². The van der Waals surface area contributed by atoms with Crippen LogP contribution in [0.25, 0.3) is 0 Å². The summed E-state index contributed by atoms with van der Waals surface area (Å²) in [5.41, 5.74) is 7.08. The number of sulfonamides is 1. The summed E-state index contributed by atoms with van der Waals surface area (Å²) in [5, 5.41) is 3.46. The molecule has 0 bridgehead atoms. The summed E-state index contributed by atoms with van der Waals surface area (Å²) in [5.74, 6) is -1.01. The molecular weight excluding hydrogens is 478 g/mol. The Kier molecular flexibility index (Phi) is 6.73. The molecule has 2 aromatic rings. The summed E-state index contributed by atoms with van der Waals surface area (Å²) < 4.78 is 27.6. The minimum absolute atomic E-state index is 0.185. The number of anilines is 1. The van der Waals surface area contributed by atoms with Crippen LogP contribution in [0.1, 0.15) is 52.9 Å². The SMILES string of the molecule is NC(=O)c1c(NC(=O)C2CCN(S(=O)(=O)c3ccc(Cl)s3)CC2)sc2c1CCCCC2. The van der Waals surface area contributed by atoms with E-state index in [0.29, 0.717) is 27.7 Å². The average Bonchev–Trinajstić information content (AvgIpc) is 3.25. The van der Waals surface area contributed by atoms with Crippen molar-refractivity contribution in [2.75, 3.05) is 18.4 Å². The van der Waals surface area contributed by atoms with E-state index in [0.717, 1.165) is 53.9 Å². The van der Waals surface area contributed by atoms with Crippen molar-refractivity contribution in [3.63, 3.8) is 0 Å². The van der Waals surface area contributed by atoms with Gasteiger partial charge in [-0.15, -0.1) is 22.7 Å². The minimum Gasteiger partial charge on any atom is -0.365 e. The molecule has 0 radical (unpaired) electrons. The van der Waals surface area contributed by atoms with Gasteiger partial charge in [0, 0.05) is 23.9 Å². The van der Waals surface area contributed by atoms with E-state index in [1.54, 1.807) is 6.07 Å². The van der Waals surface area contributed by atoms with Gasteiger partial charge in [0.15, 0.2) is 0 Å². The van der Waals surface area contributed by atoms with Crippen LogP contribution in [-0.4, -0.2) is 37.6 Å². The van der Waals surface area contributed by atoms with Gasteiger partial charge in [-0.3, -0.25) is 9.59 Å². The highest BCUT2D eigenvalue weighted by Crippen LogP contribution is 2.38. The molecule has 0 spiro atoms. The van der Waals surface area contributed by atoms with Crippen LogP contribution in [0.4, 0.5) is 5.00 Å². The van der Waals surface area contributed by atoms with E-state index in [4.69, 9.17) is 17.3 Å². The van der Waals surface area contributed by atoms with Gasteiger partial charge in [-0.1, -0.05) is 18.0 Å². The average molecular weight is 502 g/mol. The highest BCUT2D eigenvalue weighted by Gasteiger charge is 2.34. The van der Waals surface area contributed by atoms with E-state index < -0.39 is 15.9 Å². The molecule has 3 N–H and O–H groups in total. The first-order chi connectivity index (χ1) is 14.8. The third-order valence-electron chi connectivity index (χ3n) is 5.87. The number of piperidine rings is 1. The second kappa shape index (κ2) is 9.19. The van der Waals surface area contributed by atoms with E-state index in [-0.39, 0.29) is 29.1 Å². The number of fused-ring (bicyclic) bond motifs is 1. The number of carbonyl (C=O) groups is 2. The Morgan fingerprint density at radius 2 is 1.81 bits per heavy atom. The van der Waals surface area contributed by atoms with Crippen LogP contribution in [0.3, 0.4) is 0 Å². The predicted octanol–water partition coefficient (Wildman–Crippen LogP) is 3.87. The molecule has 0 aromatic carbocycles. The molecule has 1 aliphatic carbocycles. The maximum atomic E-state index is 12.9. The molecule has 1 fully saturated rings. The molecule has 1 aliphatic heterocycles. The number of halogens is 1. The number of nitrogens with zero attached hydrogens (tertiary/aromatic N) is 1. The number of carbonyl (C=O) groups excluding carboxylic acids is 2. The fourth-order valence-corrected chi connectivity index (χ4v) is 8.63. The number of aryl methyl sites for hydroxylation is 1. The molecule has 31 heavy (non-hydrogen) atoms. The first kappa shape index (κ1) is 22.7. The molecule has 0 unspecified atom stereocenters. The van der Waals surface area contributed by atoms with Crippen molar-refractivity contribution in [1.29, 1.82) is 0 Å². The van der Waals surface area contributed by atoms with Gasteiger partial charge < -0.3 is 11.1 Å². The molecule has 2 amide bonds. The summed E-state index contributed by atoms with van der Waals surface area (Å²) in [6, 6.07) is 3.07. The zero-order chi connectivity index (χ0) is 22.2. The lowest BCUT2D eigenvalue weighted by Gasteiger charge is -2.30. The largest absolute Gasteiger partial charge is 0.365 e. The van der Waals surface area contributed by atoms with Gasteiger partial charge >= 0.3 is 0 Å². The summed E-state index contributed by atoms with van der Waals surface area (Å²) in [6.07, 6.45) is 5.76. The van der Waals surface area contributed by atoms with Crippen LogP contribution in [0, 0.1) is 5.92 Å². The van der Waals surface area contributed by atoms with Crippen LogP contribution in [-0.2, 0) is 27.7 Å². The van der Waals surface area contributed by atoms with Crippen LogP contribution >= 0.6 is 34.3 Å². The maximum Gasteiger partial charge on any atom is 0.252 e. The topological polar surface area (TPSA) is 110 Å². The van der Waals surface area contributed by atoms with E-state index in [2.05, 4.69) is 5.32 Å². The van der Waals surface area contributed by atoms with Crippen LogP contribution in [0.5, 0.6) is 0 Å². The number of hydrogen-bond donors (Lipinski definition) is 2. The molecule has 0 saturated carbocycles. The molecule has 2 aliphatic rings. The molecule has 4 rings (SSSR count). The Morgan fingerprint density at radius 1 is 1.10 bits per heavy atom. The summed E-state index contributed by atoms with van der Waals surface area (Å²) in [7, 11) is -3.60. The number of amides is 2. The van der Waals surface area contributed by atoms with Crippen molar-refractivity contribution in [2.45, 2.75) is 49.2 Å². The normalized spacial score (nSPS) is 18.4. The molecule has 11 heteroatoms. The fraction of sp³-hybridized carbons (Fsp3) is 0.500. The number of hydrogen-bond acceptors (Lipinski definition) is 6. The molecule has 1 saturated heterocycles. The first-order valence-corrected chi connectivity index (χ1v) is 13.7.